The summed E-state index contributed by atoms with van der Waals surface area (Å²) in [5.41, 5.74) is 4.25. The maximum atomic E-state index is 12.2. The molecule has 2 N–H and O–H groups in total. The molecule has 0 bridgehead atoms. The first-order valence-corrected chi connectivity index (χ1v) is 9.11. The van der Waals surface area contributed by atoms with Gasteiger partial charge in [-0.15, -0.1) is 0 Å². The molecule has 6 nitrogen and oxygen atoms in total. The van der Waals surface area contributed by atoms with Gasteiger partial charge in [0.25, 0.3) is 5.91 Å². The van der Waals surface area contributed by atoms with E-state index in [4.69, 9.17) is 5.11 Å². The Labute approximate surface area is 153 Å². The highest BCUT2D eigenvalue weighted by atomic mass is 16.4. The summed E-state index contributed by atoms with van der Waals surface area (Å²) in [4.78, 5) is 23.0. The van der Waals surface area contributed by atoms with Gasteiger partial charge in [-0.2, -0.15) is 5.10 Å². The van der Waals surface area contributed by atoms with E-state index >= 15 is 0 Å². The molecular weight excluding hydrogens is 330 g/mol. The second kappa shape index (κ2) is 7.72. The molecule has 1 aromatic heterocycles. The topological polar surface area (TPSA) is 84.2 Å². The highest BCUT2D eigenvalue weighted by Crippen LogP contribution is 2.25. The Balaban J connectivity index is 1.70. The summed E-state index contributed by atoms with van der Waals surface area (Å²) >= 11 is 0. The van der Waals surface area contributed by atoms with Crippen LogP contribution in [0.1, 0.15) is 53.0 Å². The molecule has 1 saturated carbocycles. The van der Waals surface area contributed by atoms with Crippen molar-refractivity contribution in [2.45, 2.75) is 46.0 Å². The number of carboxylic acids is 1. The number of rotatable bonds is 7. The van der Waals surface area contributed by atoms with Gasteiger partial charge in [-0.3, -0.25) is 9.59 Å². The molecule has 6 heteroatoms. The minimum Gasteiger partial charge on any atom is -0.481 e. The van der Waals surface area contributed by atoms with Crippen LogP contribution in [-0.4, -0.2) is 33.3 Å². The average Bonchev–Trinajstić information content (AvgIpc) is 2.86. The van der Waals surface area contributed by atoms with Crippen LogP contribution in [0.25, 0.3) is 5.69 Å². The van der Waals surface area contributed by atoms with Crippen LogP contribution in [0.4, 0.5) is 0 Å². The number of carboxylic acid groups (broad SMARTS) is 1. The van der Waals surface area contributed by atoms with Crippen molar-refractivity contribution in [3.63, 3.8) is 0 Å². The number of aromatic nitrogens is 2. The van der Waals surface area contributed by atoms with Gasteiger partial charge < -0.3 is 10.4 Å². The van der Waals surface area contributed by atoms with E-state index in [2.05, 4.69) is 10.4 Å². The summed E-state index contributed by atoms with van der Waals surface area (Å²) in [6, 6.07) is 7.36. The van der Waals surface area contributed by atoms with Crippen LogP contribution in [0.5, 0.6) is 0 Å². The van der Waals surface area contributed by atoms with Gasteiger partial charge in [-0.1, -0.05) is 6.42 Å². The lowest BCUT2D eigenvalue weighted by molar-refractivity contribution is -0.136. The van der Waals surface area contributed by atoms with Crippen LogP contribution < -0.4 is 5.32 Å². The molecule has 0 saturated heterocycles. The molecule has 1 aliphatic rings. The molecule has 0 spiro atoms. The van der Waals surface area contributed by atoms with Crippen molar-refractivity contribution in [3.05, 3.63) is 46.8 Å². The van der Waals surface area contributed by atoms with Gasteiger partial charge in [-0.25, -0.2) is 4.68 Å². The Bertz CT molecular complexity index is 804. The standard InChI is InChI=1S/C20H25N3O3/c1-13-18(10-11-19(24)25)14(2)23(22-13)17-8-6-16(7-9-17)20(26)21-12-15-4-3-5-15/h6-9,15H,3-5,10-12H2,1-2H3,(H,21,26)(H,24,25). The minimum atomic E-state index is -0.811. The lowest BCUT2D eigenvalue weighted by atomic mass is 9.85. The number of benzene rings is 1. The Morgan fingerprint density at radius 1 is 1.23 bits per heavy atom. The summed E-state index contributed by atoms with van der Waals surface area (Å²) in [7, 11) is 0. The lowest BCUT2D eigenvalue weighted by Crippen LogP contribution is -2.32. The number of hydrogen-bond acceptors (Lipinski definition) is 3. The fourth-order valence-electron chi connectivity index (χ4n) is 3.31. The maximum Gasteiger partial charge on any atom is 0.303 e. The molecule has 1 aliphatic carbocycles. The van der Waals surface area contributed by atoms with E-state index in [-0.39, 0.29) is 12.3 Å². The Hall–Kier alpha value is -2.63. The van der Waals surface area contributed by atoms with Crippen molar-refractivity contribution in [1.29, 1.82) is 0 Å². The van der Waals surface area contributed by atoms with Crippen LogP contribution in [0, 0.1) is 19.8 Å². The number of hydrogen-bond donors (Lipinski definition) is 2. The molecule has 0 radical (unpaired) electrons. The van der Waals surface area contributed by atoms with Crippen molar-refractivity contribution in [3.8, 4) is 5.69 Å². The van der Waals surface area contributed by atoms with E-state index in [0.717, 1.165) is 29.2 Å². The third-order valence-corrected chi connectivity index (χ3v) is 5.18. The normalized spacial score (nSPS) is 14.1. The predicted octanol–water partition coefficient (Wildman–Crippen LogP) is 3.04. The monoisotopic (exact) mass is 355 g/mol. The van der Waals surface area contributed by atoms with E-state index in [0.29, 0.717) is 17.9 Å². The second-order valence-electron chi connectivity index (χ2n) is 7.01. The van der Waals surface area contributed by atoms with Crippen LogP contribution >= 0.6 is 0 Å². The number of nitrogens with zero attached hydrogens (tertiary/aromatic N) is 2. The number of amides is 1. The zero-order chi connectivity index (χ0) is 18.7. The number of aliphatic carboxylic acids is 1. The molecule has 3 rings (SSSR count). The fraction of sp³-hybridized carbons (Fsp3) is 0.450. The van der Waals surface area contributed by atoms with E-state index in [9.17, 15) is 9.59 Å². The SMILES string of the molecule is Cc1nn(-c2ccc(C(=O)NCC3CCC3)cc2)c(C)c1CCC(=O)O. The Morgan fingerprint density at radius 2 is 1.92 bits per heavy atom. The first-order valence-electron chi connectivity index (χ1n) is 9.11. The molecule has 1 amide bonds. The average molecular weight is 355 g/mol. The van der Waals surface area contributed by atoms with Crippen molar-refractivity contribution in [2.24, 2.45) is 5.92 Å². The molecule has 0 aliphatic heterocycles. The van der Waals surface area contributed by atoms with Crippen molar-refractivity contribution < 1.29 is 14.7 Å². The highest BCUT2D eigenvalue weighted by molar-refractivity contribution is 5.94. The number of carbonyl (C=O) groups is 2. The van der Waals surface area contributed by atoms with Crippen molar-refractivity contribution in [1.82, 2.24) is 15.1 Å². The zero-order valence-electron chi connectivity index (χ0n) is 15.3. The van der Waals surface area contributed by atoms with Crippen LogP contribution in [0.3, 0.4) is 0 Å². The first kappa shape index (κ1) is 18.2. The molecular formula is C20H25N3O3. The largest absolute Gasteiger partial charge is 0.481 e. The third-order valence-electron chi connectivity index (χ3n) is 5.18. The van der Waals surface area contributed by atoms with Gasteiger partial charge >= 0.3 is 5.97 Å². The number of nitrogens with one attached hydrogen (secondary N) is 1. The van der Waals surface area contributed by atoms with Crippen molar-refractivity contribution in [2.75, 3.05) is 6.54 Å². The van der Waals surface area contributed by atoms with Gasteiger partial charge in [0.2, 0.25) is 0 Å². The summed E-state index contributed by atoms with van der Waals surface area (Å²) in [6.45, 7) is 4.59. The quantitative estimate of drug-likeness (QED) is 0.799. The highest BCUT2D eigenvalue weighted by Gasteiger charge is 2.18. The second-order valence-corrected chi connectivity index (χ2v) is 7.01. The van der Waals surface area contributed by atoms with E-state index in [1.807, 2.05) is 30.7 Å². The molecule has 138 valence electrons. The van der Waals surface area contributed by atoms with Crippen LogP contribution in [-0.2, 0) is 11.2 Å². The fourth-order valence-corrected chi connectivity index (χ4v) is 3.31. The first-order chi connectivity index (χ1) is 12.5. The van der Waals surface area contributed by atoms with Gasteiger partial charge in [0.15, 0.2) is 0 Å². The number of carbonyl (C=O) groups excluding carboxylic acids is 1. The molecule has 0 atom stereocenters. The van der Waals surface area contributed by atoms with Crippen LogP contribution in [0.15, 0.2) is 24.3 Å². The minimum absolute atomic E-state index is 0.0426. The molecule has 1 aromatic carbocycles. The lowest BCUT2D eigenvalue weighted by Gasteiger charge is -2.25. The number of aryl methyl sites for hydroxylation is 1. The predicted molar refractivity (Wildman–Crippen MR) is 98.7 cm³/mol. The van der Waals surface area contributed by atoms with Crippen LogP contribution in [0.2, 0.25) is 0 Å². The molecule has 0 unspecified atom stereocenters. The van der Waals surface area contributed by atoms with Gasteiger partial charge in [0, 0.05) is 24.2 Å². The maximum absolute atomic E-state index is 12.2. The van der Waals surface area contributed by atoms with E-state index < -0.39 is 5.97 Å². The summed E-state index contributed by atoms with van der Waals surface area (Å²) in [5.74, 6) is -0.218. The summed E-state index contributed by atoms with van der Waals surface area (Å²) < 4.78 is 1.81. The Kier molecular flexibility index (Phi) is 5.40. The smallest absolute Gasteiger partial charge is 0.303 e. The Morgan fingerprint density at radius 3 is 2.50 bits per heavy atom. The molecule has 26 heavy (non-hydrogen) atoms. The van der Waals surface area contributed by atoms with E-state index in [1.54, 1.807) is 12.1 Å². The summed E-state index contributed by atoms with van der Waals surface area (Å²) in [5, 5.41) is 16.4. The zero-order valence-corrected chi connectivity index (χ0v) is 15.3. The molecule has 2 aromatic rings. The van der Waals surface area contributed by atoms with Crippen molar-refractivity contribution >= 4 is 11.9 Å². The van der Waals surface area contributed by atoms with E-state index in [1.165, 1.54) is 19.3 Å². The van der Waals surface area contributed by atoms with Gasteiger partial charge in [-0.05, 0) is 68.9 Å². The molecule has 1 fully saturated rings. The molecule has 1 heterocycles. The third kappa shape index (κ3) is 3.95. The van der Waals surface area contributed by atoms with Gasteiger partial charge in [0.1, 0.15) is 0 Å². The summed E-state index contributed by atoms with van der Waals surface area (Å²) in [6.07, 6.45) is 4.25. The van der Waals surface area contributed by atoms with Gasteiger partial charge in [0.05, 0.1) is 11.4 Å².